The molecule has 4 rings (SSSR count). The average Bonchev–Trinajstić information content (AvgIpc) is 3.09. The van der Waals surface area contributed by atoms with E-state index in [2.05, 4.69) is 44.7 Å². The third-order valence-electron chi connectivity index (χ3n) is 6.20. The van der Waals surface area contributed by atoms with Crippen molar-refractivity contribution < 1.29 is 4.79 Å². The Bertz CT molecular complexity index is 1080. The lowest BCUT2D eigenvalue weighted by Gasteiger charge is -2.33. The van der Waals surface area contributed by atoms with Gasteiger partial charge in [0, 0.05) is 31.5 Å². The van der Waals surface area contributed by atoms with Crippen LogP contribution in [0.4, 0.5) is 5.95 Å². The molecule has 1 unspecified atom stereocenters. The molecule has 0 saturated carbocycles. The molecule has 1 aliphatic rings. The summed E-state index contributed by atoms with van der Waals surface area (Å²) in [5.74, 6) is 2.09. The van der Waals surface area contributed by atoms with Gasteiger partial charge in [-0.15, -0.1) is 0 Å². The summed E-state index contributed by atoms with van der Waals surface area (Å²) < 4.78 is 2.11. The standard InChI is InChI=1S/C25H34N6O/c1-16(2)13-21(23-28-20-10-6-7-11-22(20)30(23)5)29-24(32)19-9-8-12-31(15-19)25-26-17(3)14-18(4)27-25/h6-7,10-11,14,16,19,21H,8-9,12-13,15H2,1-5H3,(H,29,32)/t19?,21-/m0/s1. The van der Waals surface area contributed by atoms with Crippen molar-refractivity contribution >= 4 is 22.9 Å². The molecule has 2 aromatic heterocycles. The van der Waals surface area contributed by atoms with Crippen molar-refractivity contribution in [2.75, 3.05) is 18.0 Å². The highest BCUT2D eigenvalue weighted by atomic mass is 16.2. The van der Waals surface area contributed by atoms with Crippen LogP contribution in [0.1, 0.15) is 56.4 Å². The highest BCUT2D eigenvalue weighted by Crippen LogP contribution is 2.27. The molecule has 1 fully saturated rings. The maximum Gasteiger partial charge on any atom is 0.225 e. The fourth-order valence-electron chi connectivity index (χ4n) is 4.69. The number of nitrogens with zero attached hydrogens (tertiary/aromatic N) is 5. The van der Waals surface area contributed by atoms with E-state index in [1.165, 1.54) is 0 Å². The van der Waals surface area contributed by atoms with Crippen molar-refractivity contribution in [3.8, 4) is 0 Å². The number of fused-ring (bicyclic) bond motifs is 1. The van der Waals surface area contributed by atoms with Crippen LogP contribution in [-0.2, 0) is 11.8 Å². The fraction of sp³-hybridized carbons (Fsp3) is 0.520. The molecule has 0 spiro atoms. The smallest absolute Gasteiger partial charge is 0.225 e. The molecule has 32 heavy (non-hydrogen) atoms. The number of aromatic nitrogens is 4. The predicted molar refractivity (Wildman–Crippen MR) is 127 cm³/mol. The van der Waals surface area contributed by atoms with Crippen LogP contribution < -0.4 is 10.2 Å². The quantitative estimate of drug-likeness (QED) is 0.632. The molecule has 7 heteroatoms. The molecule has 0 bridgehead atoms. The number of carbonyl (C=O) groups excluding carboxylic acids is 1. The van der Waals surface area contributed by atoms with Gasteiger partial charge in [0.05, 0.1) is 23.0 Å². The molecule has 7 nitrogen and oxygen atoms in total. The fourth-order valence-corrected chi connectivity index (χ4v) is 4.69. The van der Waals surface area contributed by atoms with E-state index in [4.69, 9.17) is 4.98 Å². The van der Waals surface area contributed by atoms with Crippen LogP contribution in [0.5, 0.6) is 0 Å². The van der Waals surface area contributed by atoms with Gasteiger partial charge in [-0.05, 0) is 57.2 Å². The van der Waals surface area contributed by atoms with Gasteiger partial charge in [0.15, 0.2) is 0 Å². The molecule has 170 valence electrons. The molecule has 1 N–H and O–H groups in total. The number of aryl methyl sites for hydroxylation is 3. The van der Waals surface area contributed by atoms with E-state index in [0.717, 1.165) is 60.0 Å². The van der Waals surface area contributed by atoms with Crippen LogP contribution in [0, 0.1) is 25.7 Å². The summed E-state index contributed by atoms with van der Waals surface area (Å²) in [6, 6.07) is 9.98. The van der Waals surface area contributed by atoms with E-state index in [9.17, 15) is 4.79 Å². The van der Waals surface area contributed by atoms with Gasteiger partial charge in [0.1, 0.15) is 5.82 Å². The van der Waals surface area contributed by atoms with E-state index in [-0.39, 0.29) is 17.9 Å². The molecular formula is C25H34N6O. The maximum absolute atomic E-state index is 13.4. The molecule has 1 saturated heterocycles. The van der Waals surface area contributed by atoms with Crippen LogP contribution in [0.2, 0.25) is 0 Å². The van der Waals surface area contributed by atoms with Crippen molar-refractivity contribution in [3.05, 3.63) is 47.5 Å². The Morgan fingerprint density at radius 2 is 1.88 bits per heavy atom. The number of amides is 1. The first kappa shape index (κ1) is 22.2. The second-order valence-corrected chi connectivity index (χ2v) is 9.44. The van der Waals surface area contributed by atoms with E-state index >= 15 is 0 Å². The number of hydrogen-bond acceptors (Lipinski definition) is 5. The Balaban J connectivity index is 1.53. The van der Waals surface area contributed by atoms with Crippen LogP contribution in [0.3, 0.4) is 0 Å². The zero-order valence-electron chi connectivity index (χ0n) is 19.8. The Morgan fingerprint density at radius 1 is 1.16 bits per heavy atom. The number of anilines is 1. The van der Waals surface area contributed by atoms with Crippen LogP contribution in [0.25, 0.3) is 11.0 Å². The first-order chi connectivity index (χ1) is 15.3. The summed E-state index contributed by atoms with van der Waals surface area (Å²) in [6.07, 6.45) is 2.68. The number of piperidine rings is 1. The third kappa shape index (κ3) is 4.76. The zero-order chi connectivity index (χ0) is 22.8. The Hall–Kier alpha value is -2.96. The predicted octanol–water partition coefficient (Wildman–Crippen LogP) is 4.10. The largest absolute Gasteiger partial charge is 0.346 e. The van der Waals surface area contributed by atoms with Crippen molar-refractivity contribution in [1.82, 2.24) is 24.8 Å². The van der Waals surface area contributed by atoms with Crippen LogP contribution in [-0.4, -0.2) is 38.5 Å². The molecule has 0 aliphatic carbocycles. The number of carbonyl (C=O) groups is 1. The molecule has 2 atom stereocenters. The van der Waals surface area contributed by atoms with Gasteiger partial charge in [0.2, 0.25) is 11.9 Å². The van der Waals surface area contributed by atoms with Gasteiger partial charge in [-0.3, -0.25) is 4.79 Å². The molecule has 1 aromatic carbocycles. The number of rotatable bonds is 6. The molecule has 3 heterocycles. The summed E-state index contributed by atoms with van der Waals surface area (Å²) in [7, 11) is 2.03. The minimum absolute atomic E-state index is 0.0856. The topological polar surface area (TPSA) is 75.9 Å². The number of hydrogen-bond donors (Lipinski definition) is 1. The summed E-state index contributed by atoms with van der Waals surface area (Å²) in [5.41, 5.74) is 3.96. The molecule has 1 amide bonds. The average molecular weight is 435 g/mol. The second-order valence-electron chi connectivity index (χ2n) is 9.44. The second kappa shape index (κ2) is 9.27. The van der Waals surface area contributed by atoms with Crippen molar-refractivity contribution in [2.24, 2.45) is 18.9 Å². The summed E-state index contributed by atoms with van der Waals surface area (Å²) >= 11 is 0. The monoisotopic (exact) mass is 434 g/mol. The lowest BCUT2D eigenvalue weighted by molar-refractivity contribution is -0.126. The summed E-state index contributed by atoms with van der Waals surface area (Å²) in [4.78, 5) is 29.6. The molecule has 1 aliphatic heterocycles. The van der Waals surface area contributed by atoms with E-state index in [0.29, 0.717) is 12.5 Å². The summed E-state index contributed by atoms with van der Waals surface area (Å²) in [6.45, 7) is 9.86. The molecular weight excluding hydrogens is 400 g/mol. The SMILES string of the molecule is Cc1cc(C)nc(N2CCCC(C(=O)N[C@@H](CC(C)C)c3nc4ccccc4n3C)C2)n1. The molecule has 3 aromatic rings. The lowest BCUT2D eigenvalue weighted by Crippen LogP contribution is -2.45. The normalized spacial score (nSPS) is 17.7. The van der Waals surface area contributed by atoms with E-state index in [1.54, 1.807) is 0 Å². The number of benzene rings is 1. The van der Waals surface area contributed by atoms with E-state index < -0.39 is 0 Å². The lowest BCUT2D eigenvalue weighted by atomic mass is 9.96. The van der Waals surface area contributed by atoms with E-state index in [1.807, 2.05) is 45.2 Å². The van der Waals surface area contributed by atoms with Gasteiger partial charge in [-0.2, -0.15) is 0 Å². The van der Waals surface area contributed by atoms with Gasteiger partial charge in [-0.25, -0.2) is 15.0 Å². The van der Waals surface area contributed by atoms with Crippen LogP contribution in [0.15, 0.2) is 30.3 Å². The maximum atomic E-state index is 13.4. The zero-order valence-corrected chi connectivity index (χ0v) is 19.8. The van der Waals surface area contributed by atoms with Crippen molar-refractivity contribution in [1.29, 1.82) is 0 Å². The van der Waals surface area contributed by atoms with Crippen LogP contribution >= 0.6 is 0 Å². The van der Waals surface area contributed by atoms with Gasteiger partial charge in [0.25, 0.3) is 0 Å². The van der Waals surface area contributed by atoms with Gasteiger partial charge in [-0.1, -0.05) is 26.0 Å². The third-order valence-corrected chi connectivity index (χ3v) is 6.20. The van der Waals surface area contributed by atoms with Crippen molar-refractivity contribution in [2.45, 2.75) is 53.0 Å². The number of para-hydroxylation sites is 2. The Labute approximate surface area is 190 Å². The Kier molecular flexibility index (Phi) is 6.44. The highest BCUT2D eigenvalue weighted by Gasteiger charge is 2.30. The number of nitrogens with one attached hydrogen (secondary N) is 1. The first-order valence-electron chi connectivity index (χ1n) is 11.6. The minimum atomic E-state index is -0.118. The van der Waals surface area contributed by atoms with Gasteiger partial charge < -0.3 is 14.8 Å². The minimum Gasteiger partial charge on any atom is -0.346 e. The first-order valence-corrected chi connectivity index (χ1v) is 11.6. The van der Waals surface area contributed by atoms with Gasteiger partial charge >= 0.3 is 0 Å². The Morgan fingerprint density at radius 3 is 2.56 bits per heavy atom. The van der Waals surface area contributed by atoms with Crippen molar-refractivity contribution in [3.63, 3.8) is 0 Å². The summed E-state index contributed by atoms with van der Waals surface area (Å²) in [5, 5.41) is 3.34. The number of imidazole rings is 1. The molecule has 0 radical (unpaired) electrons. The highest BCUT2D eigenvalue weighted by molar-refractivity contribution is 5.80.